The Morgan fingerprint density at radius 3 is 2.59 bits per heavy atom. The fourth-order valence-electron chi connectivity index (χ4n) is 1.65. The molecule has 0 aliphatic rings. The molecule has 17 heavy (non-hydrogen) atoms. The summed E-state index contributed by atoms with van der Waals surface area (Å²) >= 11 is 0. The maximum atomic E-state index is 13.8. The first-order valence-electron chi connectivity index (χ1n) is 6.22. The lowest BCUT2D eigenvalue weighted by Crippen LogP contribution is -2.40. The van der Waals surface area contributed by atoms with Crippen LogP contribution in [0.5, 0.6) is 0 Å². The van der Waals surface area contributed by atoms with Crippen molar-refractivity contribution in [2.45, 2.75) is 52.2 Å². The number of aryl methyl sites for hydroxylation is 2. The highest BCUT2D eigenvalue weighted by molar-refractivity contribution is 5.11. The minimum Gasteiger partial charge on any atom is -0.309 e. The van der Waals surface area contributed by atoms with Gasteiger partial charge < -0.3 is 5.32 Å². The number of nitrogens with zero attached hydrogens (tertiary/aromatic N) is 2. The molecule has 98 valence electrons. The van der Waals surface area contributed by atoms with Crippen LogP contribution >= 0.6 is 0 Å². The van der Waals surface area contributed by atoms with E-state index in [1.165, 1.54) is 0 Å². The molecule has 0 aliphatic heterocycles. The summed E-state index contributed by atoms with van der Waals surface area (Å²) in [5.74, 6) is 0. The first-order chi connectivity index (χ1) is 7.81. The molecule has 1 aromatic rings. The second-order valence-corrected chi connectivity index (χ2v) is 5.54. The highest BCUT2D eigenvalue weighted by Gasteiger charge is 2.15. The predicted octanol–water partition coefficient (Wildman–Crippen LogP) is 2.25. The van der Waals surface area contributed by atoms with Gasteiger partial charge in [0.15, 0.2) is 0 Å². The van der Waals surface area contributed by atoms with Gasteiger partial charge in [-0.2, -0.15) is 5.10 Å². The molecule has 3 nitrogen and oxygen atoms in total. The van der Waals surface area contributed by atoms with Crippen LogP contribution < -0.4 is 5.32 Å². The first-order valence-corrected chi connectivity index (χ1v) is 6.22. The Bertz CT molecular complexity index is 352. The lowest BCUT2D eigenvalue weighted by Gasteiger charge is -2.22. The summed E-state index contributed by atoms with van der Waals surface area (Å²) in [6.45, 7) is 8.56. The van der Waals surface area contributed by atoms with Gasteiger partial charge in [-0.1, -0.05) is 6.92 Å². The Kier molecular flexibility index (Phi) is 4.69. The van der Waals surface area contributed by atoms with Gasteiger partial charge in [0.2, 0.25) is 0 Å². The molecule has 1 N–H and O–H groups in total. The van der Waals surface area contributed by atoms with Crippen LogP contribution in [0.25, 0.3) is 0 Å². The predicted molar refractivity (Wildman–Crippen MR) is 68.9 cm³/mol. The van der Waals surface area contributed by atoms with E-state index in [2.05, 4.69) is 17.3 Å². The zero-order chi connectivity index (χ0) is 13.1. The summed E-state index contributed by atoms with van der Waals surface area (Å²) in [4.78, 5) is 0. The smallest absolute Gasteiger partial charge is 0.118 e. The maximum Gasteiger partial charge on any atom is 0.118 e. The van der Waals surface area contributed by atoms with Crippen molar-refractivity contribution in [2.24, 2.45) is 7.05 Å². The molecule has 0 bridgehead atoms. The van der Waals surface area contributed by atoms with E-state index in [0.29, 0.717) is 13.0 Å². The quantitative estimate of drug-likeness (QED) is 0.857. The summed E-state index contributed by atoms with van der Waals surface area (Å²) in [5, 5.41) is 7.50. The first kappa shape index (κ1) is 14.2. The number of hydrogen-bond donors (Lipinski definition) is 1. The van der Waals surface area contributed by atoms with Crippen LogP contribution in [0.15, 0.2) is 6.07 Å². The Morgan fingerprint density at radius 1 is 1.47 bits per heavy atom. The SMILES string of the molecule is CCc1cc(CC(F)CNC(C)(C)C)n(C)n1. The molecule has 0 radical (unpaired) electrons. The maximum absolute atomic E-state index is 13.8. The van der Waals surface area contributed by atoms with Gasteiger partial charge in [0.05, 0.1) is 5.69 Å². The van der Waals surface area contributed by atoms with Crippen molar-refractivity contribution in [1.29, 1.82) is 0 Å². The summed E-state index contributed by atoms with van der Waals surface area (Å²) in [5.41, 5.74) is 1.95. The van der Waals surface area contributed by atoms with Crippen molar-refractivity contribution < 1.29 is 4.39 Å². The molecule has 1 heterocycles. The molecule has 0 fully saturated rings. The lowest BCUT2D eigenvalue weighted by atomic mass is 10.1. The fourth-order valence-corrected chi connectivity index (χ4v) is 1.65. The average Bonchev–Trinajstić information content (AvgIpc) is 2.56. The highest BCUT2D eigenvalue weighted by atomic mass is 19.1. The molecule has 1 aromatic heterocycles. The zero-order valence-corrected chi connectivity index (χ0v) is 11.5. The fraction of sp³-hybridized carbons (Fsp3) is 0.769. The topological polar surface area (TPSA) is 29.9 Å². The van der Waals surface area contributed by atoms with Gasteiger partial charge in [-0.25, -0.2) is 4.39 Å². The van der Waals surface area contributed by atoms with Crippen LogP contribution in [-0.4, -0.2) is 28.0 Å². The Hall–Kier alpha value is -0.900. The van der Waals surface area contributed by atoms with E-state index in [-0.39, 0.29) is 5.54 Å². The van der Waals surface area contributed by atoms with Crippen LogP contribution in [0.4, 0.5) is 4.39 Å². The van der Waals surface area contributed by atoms with Crippen LogP contribution in [0.1, 0.15) is 39.1 Å². The van der Waals surface area contributed by atoms with Crippen LogP contribution in [-0.2, 0) is 19.9 Å². The molecule has 0 saturated carbocycles. The van der Waals surface area contributed by atoms with Gasteiger partial charge in [-0.05, 0) is 33.3 Å². The summed E-state index contributed by atoms with van der Waals surface area (Å²) < 4.78 is 15.6. The third-order valence-electron chi connectivity index (χ3n) is 2.67. The number of rotatable bonds is 5. The molecular formula is C13H24FN3. The number of alkyl halides is 1. The monoisotopic (exact) mass is 241 g/mol. The van der Waals surface area contributed by atoms with E-state index >= 15 is 0 Å². The van der Waals surface area contributed by atoms with Crippen molar-refractivity contribution in [1.82, 2.24) is 15.1 Å². The van der Waals surface area contributed by atoms with E-state index in [1.54, 1.807) is 4.68 Å². The van der Waals surface area contributed by atoms with Crippen molar-refractivity contribution in [3.05, 3.63) is 17.5 Å². The van der Waals surface area contributed by atoms with Crippen molar-refractivity contribution in [3.8, 4) is 0 Å². The Labute approximate surface area is 103 Å². The van der Waals surface area contributed by atoms with Crippen LogP contribution in [0, 0.1) is 0 Å². The van der Waals surface area contributed by atoms with Crippen molar-refractivity contribution in [3.63, 3.8) is 0 Å². The summed E-state index contributed by atoms with van der Waals surface area (Å²) in [6, 6.07) is 1.99. The van der Waals surface area contributed by atoms with E-state index in [0.717, 1.165) is 17.8 Å². The van der Waals surface area contributed by atoms with Crippen molar-refractivity contribution >= 4 is 0 Å². The van der Waals surface area contributed by atoms with E-state index in [4.69, 9.17) is 0 Å². The molecule has 0 saturated heterocycles. The molecular weight excluding hydrogens is 217 g/mol. The third-order valence-corrected chi connectivity index (χ3v) is 2.67. The molecule has 0 aliphatic carbocycles. The van der Waals surface area contributed by atoms with Crippen molar-refractivity contribution in [2.75, 3.05) is 6.54 Å². The summed E-state index contributed by atoms with van der Waals surface area (Å²) in [6.07, 6.45) is 0.451. The standard InChI is InChI=1S/C13H24FN3/c1-6-11-8-12(17(5)16-11)7-10(14)9-15-13(2,3)4/h8,10,15H,6-7,9H2,1-5H3. The molecule has 0 spiro atoms. The largest absolute Gasteiger partial charge is 0.309 e. The van der Waals surface area contributed by atoms with Gasteiger partial charge in [0.25, 0.3) is 0 Å². The van der Waals surface area contributed by atoms with Crippen LogP contribution in [0.3, 0.4) is 0 Å². The van der Waals surface area contributed by atoms with Crippen LogP contribution in [0.2, 0.25) is 0 Å². The minimum atomic E-state index is -0.866. The number of halogens is 1. The molecule has 1 unspecified atom stereocenters. The van der Waals surface area contributed by atoms with E-state index in [1.807, 2.05) is 33.9 Å². The molecule has 0 aromatic carbocycles. The van der Waals surface area contributed by atoms with Gasteiger partial charge in [0.1, 0.15) is 6.17 Å². The van der Waals surface area contributed by atoms with Gasteiger partial charge in [-0.3, -0.25) is 4.68 Å². The average molecular weight is 241 g/mol. The zero-order valence-electron chi connectivity index (χ0n) is 11.5. The summed E-state index contributed by atoms with van der Waals surface area (Å²) in [7, 11) is 1.87. The lowest BCUT2D eigenvalue weighted by molar-refractivity contribution is 0.281. The molecule has 4 heteroatoms. The third kappa shape index (κ3) is 4.86. The number of nitrogens with one attached hydrogen (secondary N) is 1. The molecule has 1 rings (SSSR count). The normalized spacial score (nSPS) is 14.0. The second kappa shape index (κ2) is 5.63. The molecule has 0 amide bonds. The Morgan fingerprint density at radius 2 is 2.12 bits per heavy atom. The number of aromatic nitrogens is 2. The van der Waals surface area contributed by atoms with Gasteiger partial charge in [0, 0.05) is 31.2 Å². The number of hydrogen-bond acceptors (Lipinski definition) is 2. The molecule has 1 atom stereocenters. The Balaban J connectivity index is 2.50. The minimum absolute atomic E-state index is 0.0363. The van der Waals surface area contributed by atoms with Gasteiger partial charge >= 0.3 is 0 Å². The van der Waals surface area contributed by atoms with E-state index in [9.17, 15) is 4.39 Å². The van der Waals surface area contributed by atoms with Gasteiger partial charge in [-0.15, -0.1) is 0 Å². The van der Waals surface area contributed by atoms with E-state index < -0.39 is 6.17 Å². The second-order valence-electron chi connectivity index (χ2n) is 5.54. The highest BCUT2D eigenvalue weighted by Crippen LogP contribution is 2.09.